The van der Waals surface area contributed by atoms with E-state index >= 15 is 4.39 Å². The Morgan fingerprint density at radius 2 is 2.02 bits per heavy atom. The maximum atomic E-state index is 15.2. The maximum Gasteiger partial charge on any atom is 0.320 e. The van der Waals surface area contributed by atoms with Gasteiger partial charge < -0.3 is 24.4 Å². The van der Waals surface area contributed by atoms with Crippen LogP contribution in [0.3, 0.4) is 0 Å². The summed E-state index contributed by atoms with van der Waals surface area (Å²) in [7, 11) is 4.03. The molecule has 7 rings (SSSR count). The van der Waals surface area contributed by atoms with E-state index in [-0.39, 0.29) is 11.8 Å². The van der Waals surface area contributed by atoms with E-state index in [2.05, 4.69) is 33.0 Å². The first-order valence-electron chi connectivity index (χ1n) is 14.4. The highest BCUT2D eigenvalue weighted by Gasteiger charge is 2.32. The summed E-state index contributed by atoms with van der Waals surface area (Å²) in [5.41, 5.74) is 5.92. The third kappa shape index (κ3) is 4.60. The molecule has 0 radical (unpaired) electrons. The number of aliphatic hydroxyl groups excluding tert-OH is 1. The number of imidazole rings is 1. The van der Waals surface area contributed by atoms with Crippen molar-refractivity contribution in [1.82, 2.24) is 34.0 Å². The number of pyridine rings is 1. The number of carbonyl (C=O) groups excluding carboxylic acids is 1. The number of benzene rings is 1. The van der Waals surface area contributed by atoms with Gasteiger partial charge in [0.15, 0.2) is 0 Å². The van der Waals surface area contributed by atoms with Crippen LogP contribution in [0.15, 0.2) is 48.9 Å². The Labute approximate surface area is 238 Å². The SMILES string of the molecule is CN1CCC(CN(C)C(=O)N2CCn3cc(C4=C(c5cnc6ccccn56)C(O)NC4)c4cc(F)cc(c43)C2)CC1. The van der Waals surface area contributed by atoms with Crippen molar-refractivity contribution >= 4 is 33.7 Å². The van der Waals surface area contributed by atoms with Gasteiger partial charge in [-0.05, 0) is 74.3 Å². The van der Waals surface area contributed by atoms with Crippen molar-refractivity contribution in [2.75, 3.05) is 46.8 Å². The Hall–Kier alpha value is -3.73. The molecule has 1 fully saturated rings. The van der Waals surface area contributed by atoms with Gasteiger partial charge in [0, 0.05) is 68.7 Å². The van der Waals surface area contributed by atoms with Crippen LogP contribution in [-0.2, 0) is 13.1 Å². The quantitative estimate of drug-likeness (QED) is 0.402. The molecular formula is C31H36FN7O2. The molecule has 0 spiro atoms. The summed E-state index contributed by atoms with van der Waals surface area (Å²) >= 11 is 0. The smallest absolute Gasteiger partial charge is 0.320 e. The molecule has 0 aliphatic carbocycles. The summed E-state index contributed by atoms with van der Waals surface area (Å²) in [6.45, 7) is 4.83. The van der Waals surface area contributed by atoms with E-state index in [1.165, 1.54) is 0 Å². The summed E-state index contributed by atoms with van der Waals surface area (Å²) in [6.07, 6.45) is 7.11. The van der Waals surface area contributed by atoms with Crippen LogP contribution < -0.4 is 5.32 Å². The fourth-order valence-corrected chi connectivity index (χ4v) is 6.88. The van der Waals surface area contributed by atoms with Crippen molar-refractivity contribution < 1.29 is 14.3 Å². The maximum absolute atomic E-state index is 15.2. The number of carbonyl (C=O) groups is 1. The van der Waals surface area contributed by atoms with Crippen LogP contribution >= 0.6 is 0 Å². The summed E-state index contributed by atoms with van der Waals surface area (Å²) in [6, 6.07) is 8.93. The van der Waals surface area contributed by atoms with Gasteiger partial charge in [-0.2, -0.15) is 0 Å². The minimum atomic E-state index is -0.863. The molecule has 1 saturated heterocycles. The van der Waals surface area contributed by atoms with Gasteiger partial charge >= 0.3 is 6.03 Å². The van der Waals surface area contributed by atoms with Crippen molar-refractivity contribution in [2.45, 2.75) is 32.2 Å². The minimum absolute atomic E-state index is 0.00645. The van der Waals surface area contributed by atoms with Gasteiger partial charge in [-0.3, -0.25) is 9.72 Å². The van der Waals surface area contributed by atoms with Crippen molar-refractivity contribution in [3.05, 3.63) is 71.6 Å². The number of nitrogens with one attached hydrogen (secondary N) is 1. The fraction of sp³-hybridized carbons (Fsp3) is 0.419. The van der Waals surface area contributed by atoms with Crippen LogP contribution in [-0.4, -0.2) is 92.8 Å². The molecule has 1 atom stereocenters. The number of amides is 2. The monoisotopic (exact) mass is 557 g/mol. The molecule has 3 aromatic heterocycles. The van der Waals surface area contributed by atoms with E-state index in [1.807, 2.05) is 45.6 Å². The number of nitrogens with zero attached hydrogens (tertiary/aromatic N) is 6. The standard InChI is InChI=1S/C31H36FN7O2/c1-35-9-6-20(7-10-35)17-36(2)31(41)38-12-11-37-19-25(23-14-22(32)13-21(18-38)29(23)37)24-15-34-30(40)28(24)26-16-33-27-5-3-4-8-39(26)27/h3-5,8,13-14,16,19-20,30,34,40H,6-7,9-12,15,17-18H2,1-2H3. The minimum Gasteiger partial charge on any atom is -0.374 e. The molecule has 2 N–H and O–H groups in total. The molecule has 2 amide bonds. The lowest BCUT2D eigenvalue weighted by molar-refractivity contribution is 0.138. The van der Waals surface area contributed by atoms with Gasteiger partial charge in [-0.15, -0.1) is 0 Å². The lowest BCUT2D eigenvalue weighted by atomic mass is 9.97. The van der Waals surface area contributed by atoms with Gasteiger partial charge in [0.25, 0.3) is 0 Å². The molecule has 1 unspecified atom stereocenters. The summed E-state index contributed by atoms with van der Waals surface area (Å²) in [4.78, 5) is 24.1. The van der Waals surface area contributed by atoms with E-state index in [4.69, 9.17) is 0 Å². The lowest BCUT2D eigenvalue weighted by Gasteiger charge is -2.33. The highest BCUT2D eigenvalue weighted by molar-refractivity contribution is 6.04. The number of rotatable bonds is 4. The second-order valence-corrected chi connectivity index (χ2v) is 11.8. The predicted octanol–water partition coefficient (Wildman–Crippen LogP) is 3.47. The number of hydrogen-bond acceptors (Lipinski definition) is 5. The van der Waals surface area contributed by atoms with E-state index < -0.39 is 6.23 Å². The Morgan fingerprint density at radius 1 is 1.20 bits per heavy atom. The molecule has 1 aromatic carbocycles. The molecule has 3 aliphatic heterocycles. The molecule has 0 bridgehead atoms. The van der Waals surface area contributed by atoms with Gasteiger partial charge in [-0.1, -0.05) is 6.07 Å². The van der Waals surface area contributed by atoms with Crippen LogP contribution in [0.1, 0.15) is 29.7 Å². The molecule has 41 heavy (non-hydrogen) atoms. The zero-order valence-corrected chi connectivity index (χ0v) is 23.6. The third-order valence-electron chi connectivity index (χ3n) is 9.04. The van der Waals surface area contributed by atoms with Crippen molar-refractivity contribution in [2.24, 2.45) is 5.92 Å². The average Bonchev–Trinajstić information content (AvgIpc) is 3.62. The Bertz CT molecular complexity index is 1670. The Kier molecular flexibility index (Phi) is 6.56. The zero-order chi connectivity index (χ0) is 28.2. The number of fused-ring (bicyclic) bond motifs is 1. The van der Waals surface area contributed by atoms with Crippen LogP contribution in [0.4, 0.5) is 9.18 Å². The van der Waals surface area contributed by atoms with E-state index in [9.17, 15) is 9.90 Å². The third-order valence-corrected chi connectivity index (χ3v) is 9.04. The number of hydrogen-bond donors (Lipinski definition) is 2. The second kappa shape index (κ2) is 10.3. The van der Waals surface area contributed by atoms with Crippen molar-refractivity contribution in [3.8, 4) is 0 Å². The van der Waals surface area contributed by atoms with Crippen LogP contribution in [0.25, 0.3) is 27.7 Å². The Morgan fingerprint density at radius 3 is 2.85 bits per heavy atom. The normalized spacial score (nSPS) is 20.4. The van der Waals surface area contributed by atoms with E-state index in [0.29, 0.717) is 32.1 Å². The van der Waals surface area contributed by atoms with Crippen LogP contribution in [0, 0.1) is 11.7 Å². The number of aliphatic hydroxyl groups is 1. The van der Waals surface area contributed by atoms with Crippen LogP contribution in [0.5, 0.6) is 0 Å². The van der Waals surface area contributed by atoms with Crippen molar-refractivity contribution in [3.63, 3.8) is 0 Å². The fourth-order valence-electron chi connectivity index (χ4n) is 6.88. The van der Waals surface area contributed by atoms with E-state index in [1.54, 1.807) is 18.3 Å². The molecular weight excluding hydrogens is 521 g/mol. The number of aromatic nitrogens is 3. The van der Waals surface area contributed by atoms with E-state index in [0.717, 1.165) is 77.0 Å². The van der Waals surface area contributed by atoms with Gasteiger partial charge in [0.2, 0.25) is 0 Å². The number of piperidine rings is 1. The summed E-state index contributed by atoms with van der Waals surface area (Å²) < 4.78 is 19.3. The molecule has 3 aliphatic rings. The number of urea groups is 1. The molecule has 0 saturated carbocycles. The topological polar surface area (TPSA) is 81.3 Å². The average molecular weight is 558 g/mol. The first-order valence-corrected chi connectivity index (χ1v) is 14.4. The molecule has 6 heterocycles. The zero-order valence-electron chi connectivity index (χ0n) is 23.6. The second-order valence-electron chi connectivity index (χ2n) is 11.8. The van der Waals surface area contributed by atoms with Gasteiger partial charge in [0.05, 0.1) is 17.4 Å². The molecule has 4 aromatic rings. The molecule has 9 nitrogen and oxygen atoms in total. The number of halogens is 1. The largest absolute Gasteiger partial charge is 0.374 e. The predicted molar refractivity (Wildman–Crippen MR) is 157 cm³/mol. The summed E-state index contributed by atoms with van der Waals surface area (Å²) in [5, 5.41) is 15.0. The molecule has 214 valence electrons. The highest BCUT2D eigenvalue weighted by Crippen LogP contribution is 2.39. The molecule has 10 heteroatoms. The van der Waals surface area contributed by atoms with Crippen LogP contribution in [0.2, 0.25) is 0 Å². The number of likely N-dealkylation sites (tertiary alicyclic amines) is 1. The van der Waals surface area contributed by atoms with Gasteiger partial charge in [0.1, 0.15) is 17.7 Å². The highest BCUT2D eigenvalue weighted by atomic mass is 19.1. The lowest BCUT2D eigenvalue weighted by Crippen LogP contribution is -2.44. The first kappa shape index (κ1) is 26.2. The Balaban J connectivity index is 1.23. The van der Waals surface area contributed by atoms with Crippen molar-refractivity contribution in [1.29, 1.82) is 0 Å². The summed E-state index contributed by atoms with van der Waals surface area (Å²) in [5.74, 6) is 0.180. The first-order chi connectivity index (χ1) is 19.9. The van der Waals surface area contributed by atoms with Gasteiger partial charge in [-0.25, -0.2) is 14.2 Å².